The fraction of sp³-hybridized carbons (Fsp3) is 0. The van der Waals surface area contributed by atoms with Gasteiger partial charge >= 0.3 is 0 Å². The van der Waals surface area contributed by atoms with Crippen LogP contribution in [-0.4, -0.2) is 16.2 Å². The number of hydrogen-bond donors (Lipinski definition) is 1. The van der Waals surface area contributed by atoms with E-state index in [9.17, 15) is 0 Å². The monoisotopic (exact) mass is 133 g/mol. The van der Waals surface area contributed by atoms with Crippen LogP contribution in [0.4, 0.5) is 0 Å². The fourth-order valence-electron chi connectivity index (χ4n) is 0.579. The summed E-state index contributed by atoms with van der Waals surface area (Å²) in [6.07, 6.45) is 4.21. The summed E-state index contributed by atoms with van der Waals surface area (Å²) < 4.78 is 0. The largest absolute Gasteiger partial charge is 0.307 e. The van der Waals surface area contributed by atoms with Crippen LogP contribution in [-0.2, 0) is 0 Å². The van der Waals surface area contributed by atoms with Crippen LogP contribution in [0.2, 0.25) is 0 Å². The first-order valence-electron chi connectivity index (χ1n) is 2.82. The van der Waals surface area contributed by atoms with Crippen molar-refractivity contribution in [3.8, 4) is 0 Å². The minimum atomic E-state index is 0.602. The second-order valence-electron chi connectivity index (χ2n) is 1.72. The van der Waals surface area contributed by atoms with Gasteiger partial charge in [-0.3, -0.25) is 0 Å². The second kappa shape index (κ2) is 2.87. The molecular formula is C7H7N3. The maximum atomic E-state index is 6.87. The van der Waals surface area contributed by atoms with Crippen molar-refractivity contribution in [2.75, 3.05) is 0 Å². The summed E-state index contributed by atoms with van der Waals surface area (Å²) in [6, 6.07) is 1.69. The van der Waals surface area contributed by atoms with E-state index in [-0.39, 0.29) is 0 Å². The van der Waals surface area contributed by atoms with Gasteiger partial charge in [0, 0.05) is 6.21 Å². The van der Waals surface area contributed by atoms with E-state index in [1.807, 2.05) is 0 Å². The number of hydrogen-bond acceptors (Lipinski definition) is 3. The molecular weight excluding hydrogens is 126 g/mol. The molecule has 0 aliphatic heterocycles. The molecule has 0 saturated heterocycles. The van der Waals surface area contributed by atoms with E-state index < -0.39 is 0 Å². The SMILES string of the molecule is C=Cc1cc(C=N)ncn1. The summed E-state index contributed by atoms with van der Waals surface area (Å²) in [5.74, 6) is 0. The molecule has 0 fully saturated rings. The van der Waals surface area contributed by atoms with Crippen molar-refractivity contribution in [1.82, 2.24) is 9.97 Å². The van der Waals surface area contributed by atoms with Gasteiger partial charge in [-0.1, -0.05) is 6.58 Å². The van der Waals surface area contributed by atoms with E-state index in [2.05, 4.69) is 16.5 Å². The van der Waals surface area contributed by atoms with Gasteiger partial charge in [-0.25, -0.2) is 9.97 Å². The molecule has 0 aliphatic carbocycles. The minimum Gasteiger partial charge on any atom is -0.307 e. The molecule has 10 heavy (non-hydrogen) atoms. The zero-order valence-electron chi connectivity index (χ0n) is 5.41. The molecule has 1 heterocycles. The van der Waals surface area contributed by atoms with Crippen molar-refractivity contribution < 1.29 is 0 Å². The topological polar surface area (TPSA) is 49.6 Å². The Morgan fingerprint density at radius 3 is 2.70 bits per heavy atom. The van der Waals surface area contributed by atoms with Crippen LogP contribution in [0, 0.1) is 5.41 Å². The predicted octanol–water partition coefficient (Wildman–Crippen LogP) is 1.12. The quantitative estimate of drug-likeness (QED) is 0.614. The van der Waals surface area contributed by atoms with Crippen LogP contribution in [0.3, 0.4) is 0 Å². The van der Waals surface area contributed by atoms with Crippen molar-refractivity contribution in [2.24, 2.45) is 0 Å². The normalized spacial score (nSPS) is 8.80. The zero-order valence-corrected chi connectivity index (χ0v) is 5.41. The fourth-order valence-corrected chi connectivity index (χ4v) is 0.579. The third kappa shape index (κ3) is 1.25. The van der Waals surface area contributed by atoms with E-state index in [1.54, 1.807) is 12.1 Å². The summed E-state index contributed by atoms with van der Waals surface area (Å²) in [5.41, 5.74) is 1.35. The molecule has 0 unspecified atom stereocenters. The van der Waals surface area contributed by atoms with Crippen LogP contribution >= 0.6 is 0 Å². The summed E-state index contributed by atoms with van der Waals surface area (Å²) in [6.45, 7) is 3.54. The molecule has 0 aromatic carbocycles. The number of aromatic nitrogens is 2. The third-order valence-electron chi connectivity index (χ3n) is 1.07. The van der Waals surface area contributed by atoms with Crippen molar-refractivity contribution in [3.63, 3.8) is 0 Å². The van der Waals surface area contributed by atoms with Gasteiger partial charge < -0.3 is 5.41 Å². The van der Waals surface area contributed by atoms with E-state index in [4.69, 9.17) is 5.41 Å². The first-order valence-corrected chi connectivity index (χ1v) is 2.82. The highest BCUT2D eigenvalue weighted by Crippen LogP contribution is 1.95. The maximum absolute atomic E-state index is 6.87. The lowest BCUT2D eigenvalue weighted by molar-refractivity contribution is 1.14. The molecule has 1 N–H and O–H groups in total. The number of nitrogens with zero attached hydrogens (tertiary/aromatic N) is 2. The van der Waals surface area contributed by atoms with E-state index >= 15 is 0 Å². The summed E-state index contributed by atoms with van der Waals surface area (Å²) in [5, 5.41) is 6.87. The van der Waals surface area contributed by atoms with Gasteiger partial charge in [-0.2, -0.15) is 0 Å². The maximum Gasteiger partial charge on any atom is 0.116 e. The molecule has 50 valence electrons. The molecule has 0 spiro atoms. The molecule has 0 bridgehead atoms. The molecule has 3 nitrogen and oxygen atoms in total. The summed E-state index contributed by atoms with van der Waals surface area (Å²) >= 11 is 0. The van der Waals surface area contributed by atoms with Gasteiger partial charge in [-0.15, -0.1) is 0 Å². The Bertz CT molecular complexity index is 232. The van der Waals surface area contributed by atoms with Gasteiger partial charge in [0.2, 0.25) is 0 Å². The molecule has 0 radical (unpaired) electrons. The third-order valence-corrected chi connectivity index (χ3v) is 1.07. The van der Waals surface area contributed by atoms with Crippen LogP contribution in [0.25, 0.3) is 6.08 Å². The Morgan fingerprint density at radius 1 is 1.40 bits per heavy atom. The molecule has 0 amide bonds. The highest BCUT2D eigenvalue weighted by atomic mass is 14.8. The molecule has 0 aliphatic rings. The Labute approximate surface area is 59.0 Å². The van der Waals surface area contributed by atoms with Gasteiger partial charge in [0.25, 0.3) is 0 Å². The van der Waals surface area contributed by atoms with Crippen LogP contribution in [0.15, 0.2) is 19.0 Å². The lowest BCUT2D eigenvalue weighted by atomic mass is 10.3. The highest BCUT2D eigenvalue weighted by molar-refractivity contribution is 5.74. The Morgan fingerprint density at radius 2 is 2.10 bits per heavy atom. The molecule has 1 rings (SSSR count). The lowest BCUT2D eigenvalue weighted by Crippen LogP contribution is -1.89. The van der Waals surface area contributed by atoms with Crippen LogP contribution in [0.1, 0.15) is 11.4 Å². The summed E-state index contributed by atoms with van der Waals surface area (Å²) in [7, 11) is 0. The molecule has 1 aromatic rings. The lowest BCUT2D eigenvalue weighted by Gasteiger charge is -1.91. The van der Waals surface area contributed by atoms with Crippen molar-refractivity contribution in [3.05, 3.63) is 30.4 Å². The molecule has 0 atom stereocenters. The average molecular weight is 133 g/mol. The summed E-state index contributed by atoms with van der Waals surface area (Å²) in [4.78, 5) is 7.68. The molecule has 3 heteroatoms. The van der Waals surface area contributed by atoms with Gasteiger partial charge in [-0.05, 0) is 12.1 Å². The molecule has 1 aromatic heterocycles. The van der Waals surface area contributed by atoms with Crippen molar-refractivity contribution in [1.29, 1.82) is 5.41 Å². The van der Waals surface area contributed by atoms with Crippen molar-refractivity contribution >= 4 is 12.3 Å². The van der Waals surface area contributed by atoms with E-state index in [1.165, 1.54) is 12.5 Å². The van der Waals surface area contributed by atoms with Gasteiger partial charge in [0.05, 0.1) is 11.4 Å². The highest BCUT2D eigenvalue weighted by Gasteiger charge is 1.89. The standard InChI is InChI=1S/C7H7N3/c1-2-6-3-7(4-8)10-5-9-6/h2-5,8H,1H2. The van der Waals surface area contributed by atoms with Crippen LogP contribution < -0.4 is 0 Å². The minimum absolute atomic E-state index is 0.602. The first-order chi connectivity index (χ1) is 4.86. The second-order valence-corrected chi connectivity index (χ2v) is 1.72. The van der Waals surface area contributed by atoms with Gasteiger partial charge in [0.1, 0.15) is 6.33 Å². The van der Waals surface area contributed by atoms with E-state index in [0.29, 0.717) is 5.69 Å². The smallest absolute Gasteiger partial charge is 0.116 e. The Kier molecular flexibility index (Phi) is 1.89. The first kappa shape index (κ1) is 6.61. The Balaban J connectivity index is 3.09. The predicted molar refractivity (Wildman–Crippen MR) is 40.0 cm³/mol. The number of rotatable bonds is 2. The van der Waals surface area contributed by atoms with Gasteiger partial charge in [0.15, 0.2) is 0 Å². The number of nitrogens with one attached hydrogen (secondary N) is 1. The van der Waals surface area contributed by atoms with Crippen LogP contribution in [0.5, 0.6) is 0 Å². The zero-order chi connectivity index (χ0) is 7.40. The van der Waals surface area contributed by atoms with Crippen molar-refractivity contribution in [2.45, 2.75) is 0 Å². The Hall–Kier alpha value is -1.51. The molecule has 0 saturated carbocycles. The van der Waals surface area contributed by atoms with E-state index in [0.717, 1.165) is 5.69 Å². The average Bonchev–Trinajstić information content (AvgIpc) is 2.05.